The maximum absolute atomic E-state index is 14.3. The second kappa shape index (κ2) is 4.97. The van der Waals surface area contributed by atoms with Gasteiger partial charge >= 0.3 is 7.12 Å². The molecule has 2 aliphatic heterocycles. The van der Waals surface area contributed by atoms with E-state index >= 15 is 0 Å². The third kappa shape index (κ3) is 2.56. The number of rotatable bonds is 3. The lowest BCUT2D eigenvalue weighted by Crippen LogP contribution is -2.43. The van der Waals surface area contributed by atoms with Crippen LogP contribution in [-0.2, 0) is 14.0 Å². The minimum Gasteiger partial charge on any atom is -0.486 e. The lowest BCUT2D eigenvalue weighted by atomic mass is 9.78. The van der Waals surface area contributed by atoms with E-state index in [1.165, 1.54) is 6.07 Å². The third-order valence-corrected chi connectivity index (χ3v) is 4.40. The van der Waals surface area contributed by atoms with Crippen molar-refractivity contribution in [2.75, 3.05) is 13.2 Å². The molecule has 0 saturated carbocycles. The molecule has 0 aromatic heterocycles. The van der Waals surface area contributed by atoms with Crippen molar-refractivity contribution in [3.8, 4) is 5.75 Å². The molecule has 114 valence electrons. The fourth-order valence-electron chi connectivity index (χ4n) is 2.27. The number of benzene rings is 1. The summed E-state index contributed by atoms with van der Waals surface area (Å²) in [5, 5.41) is 0. The first-order valence-corrected chi connectivity index (χ1v) is 7.19. The molecule has 0 aliphatic carbocycles. The highest BCUT2D eigenvalue weighted by molar-refractivity contribution is 6.63. The third-order valence-electron chi connectivity index (χ3n) is 4.40. The molecule has 6 heteroatoms. The van der Waals surface area contributed by atoms with Gasteiger partial charge in [0.1, 0.15) is 17.7 Å². The molecule has 0 N–H and O–H groups in total. The zero-order chi connectivity index (χ0) is 15.3. The number of hydrogen-bond donors (Lipinski definition) is 0. The second-order valence-corrected chi connectivity index (χ2v) is 6.52. The molecule has 2 fully saturated rings. The Kier molecular flexibility index (Phi) is 3.51. The van der Waals surface area contributed by atoms with Crippen LogP contribution in [0.1, 0.15) is 27.7 Å². The first kappa shape index (κ1) is 14.8. The van der Waals surface area contributed by atoms with Crippen LogP contribution in [0, 0.1) is 5.82 Å². The molecule has 0 amide bonds. The molecule has 0 unspecified atom stereocenters. The standard InChI is InChI=1S/C15H20BFO4/c1-14(2)15(3,4)21-16(20-14)13-11(17)6-5-7-12(13)19-10-8-18-9-10/h5-7,10H,8-9H2,1-4H3. The van der Waals surface area contributed by atoms with E-state index < -0.39 is 18.3 Å². The van der Waals surface area contributed by atoms with Gasteiger partial charge in [0, 0.05) is 0 Å². The summed E-state index contributed by atoms with van der Waals surface area (Å²) >= 11 is 0. The summed E-state index contributed by atoms with van der Waals surface area (Å²) in [4.78, 5) is 0. The Morgan fingerprint density at radius 3 is 2.29 bits per heavy atom. The van der Waals surface area contributed by atoms with Crippen molar-refractivity contribution in [3.63, 3.8) is 0 Å². The SMILES string of the molecule is CC1(C)OB(c2c(F)cccc2OC2COC2)OC1(C)C. The Hall–Kier alpha value is -1.11. The minimum absolute atomic E-state index is 0.0343. The summed E-state index contributed by atoms with van der Waals surface area (Å²) < 4.78 is 37.0. The predicted octanol–water partition coefficient (Wildman–Crippen LogP) is 1.90. The normalized spacial score (nSPS) is 24.0. The maximum atomic E-state index is 14.3. The molecular weight excluding hydrogens is 274 g/mol. The quantitative estimate of drug-likeness (QED) is 0.798. The van der Waals surface area contributed by atoms with Gasteiger partial charge in [-0.3, -0.25) is 0 Å². The van der Waals surface area contributed by atoms with E-state index in [1.807, 2.05) is 27.7 Å². The van der Waals surface area contributed by atoms with E-state index in [1.54, 1.807) is 12.1 Å². The first-order valence-electron chi connectivity index (χ1n) is 7.19. The van der Waals surface area contributed by atoms with E-state index in [4.69, 9.17) is 18.8 Å². The fourth-order valence-corrected chi connectivity index (χ4v) is 2.27. The number of ether oxygens (including phenoxy) is 2. The molecule has 0 spiro atoms. The molecule has 0 radical (unpaired) electrons. The lowest BCUT2D eigenvalue weighted by molar-refractivity contribution is -0.0794. The molecule has 2 aliphatic rings. The number of halogens is 1. The van der Waals surface area contributed by atoms with Crippen LogP contribution in [0.2, 0.25) is 0 Å². The highest BCUT2D eigenvalue weighted by atomic mass is 19.1. The van der Waals surface area contributed by atoms with Gasteiger partial charge in [-0.05, 0) is 39.8 Å². The van der Waals surface area contributed by atoms with Crippen LogP contribution < -0.4 is 10.2 Å². The predicted molar refractivity (Wildman–Crippen MR) is 77.4 cm³/mol. The van der Waals surface area contributed by atoms with Crippen molar-refractivity contribution in [1.29, 1.82) is 0 Å². The van der Waals surface area contributed by atoms with E-state index in [0.29, 0.717) is 24.4 Å². The molecule has 1 aromatic rings. The van der Waals surface area contributed by atoms with E-state index in [-0.39, 0.29) is 11.9 Å². The second-order valence-electron chi connectivity index (χ2n) is 6.52. The van der Waals surface area contributed by atoms with Crippen LogP contribution in [-0.4, -0.2) is 37.6 Å². The average Bonchev–Trinajstić information content (AvgIpc) is 2.53. The summed E-state index contributed by atoms with van der Waals surface area (Å²) in [7, 11) is -0.771. The van der Waals surface area contributed by atoms with Gasteiger partial charge in [0.05, 0.1) is 29.9 Å². The zero-order valence-corrected chi connectivity index (χ0v) is 12.8. The monoisotopic (exact) mass is 294 g/mol. The van der Waals surface area contributed by atoms with Crippen LogP contribution in [0.5, 0.6) is 5.75 Å². The van der Waals surface area contributed by atoms with Crippen molar-refractivity contribution in [2.24, 2.45) is 0 Å². The Morgan fingerprint density at radius 1 is 1.14 bits per heavy atom. The first-order chi connectivity index (χ1) is 9.80. The Morgan fingerprint density at radius 2 is 1.76 bits per heavy atom. The number of hydrogen-bond acceptors (Lipinski definition) is 4. The minimum atomic E-state index is -0.771. The Bertz CT molecular complexity index is 526. The van der Waals surface area contributed by atoms with Crippen molar-refractivity contribution in [2.45, 2.75) is 45.0 Å². The Balaban J connectivity index is 1.91. The topological polar surface area (TPSA) is 36.9 Å². The van der Waals surface area contributed by atoms with Crippen LogP contribution in [0.3, 0.4) is 0 Å². The lowest BCUT2D eigenvalue weighted by Gasteiger charge is -2.32. The van der Waals surface area contributed by atoms with Gasteiger partial charge < -0.3 is 18.8 Å². The largest absolute Gasteiger partial charge is 0.501 e. The van der Waals surface area contributed by atoms with Crippen molar-refractivity contribution < 1.29 is 23.2 Å². The summed E-state index contributed by atoms with van der Waals surface area (Å²) in [5.41, 5.74) is -0.712. The van der Waals surface area contributed by atoms with Gasteiger partial charge in [-0.25, -0.2) is 4.39 Å². The molecule has 2 heterocycles. The highest BCUT2D eigenvalue weighted by Crippen LogP contribution is 2.37. The van der Waals surface area contributed by atoms with Gasteiger partial charge in [0.25, 0.3) is 0 Å². The van der Waals surface area contributed by atoms with Crippen LogP contribution in [0.4, 0.5) is 4.39 Å². The molecular formula is C15H20BFO4. The summed E-state index contributed by atoms with van der Waals surface area (Å²) in [6.45, 7) is 8.81. The summed E-state index contributed by atoms with van der Waals surface area (Å²) in [5.74, 6) is 0.0769. The van der Waals surface area contributed by atoms with Crippen LogP contribution >= 0.6 is 0 Å². The zero-order valence-electron chi connectivity index (χ0n) is 12.8. The maximum Gasteiger partial charge on any atom is 0.501 e. The smallest absolute Gasteiger partial charge is 0.486 e. The van der Waals surface area contributed by atoms with E-state index in [2.05, 4.69) is 0 Å². The molecule has 3 rings (SSSR count). The molecule has 21 heavy (non-hydrogen) atoms. The van der Waals surface area contributed by atoms with Crippen molar-refractivity contribution in [1.82, 2.24) is 0 Å². The summed E-state index contributed by atoms with van der Waals surface area (Å²) in [6.07, 6.45) is -0.0343. The van der Waals surface area contributed by atoms with Gasteiger partial charge in [0.2, 0.25) is 0 Å². The summed E-state index contributed by atoms with van der Waals surface area (Å²) in [6, 6.07) is 4.76. The van der Waals surface area contributed by atoms with Crippen molar-refractivity contribution >= 4 is 12.6 Å². The van der Waals surface area contributed by atoms with E-state index in [0.717, 1.165) is 0 Å². The van der Waals surface area contributed by atoms with Gasteiger partial charge in [-0.15, -0.1) is 0 Å². The Labute approximate surface area is 124 Å². The van der Waals surface area contributed by atoms with Crippen LogP contribution in [0.25, 0.3) is 0 Å². The molecule has 1 aromatic carbocycles. The van der Waals surface area contributed by atoms with Crippen LogP contribution in [0.15, 0.2) is 18.2 Å². The molecule has 0 atom stereocenters. The highest BCUT2D eigenvalue weighted by Gasteiger charge is 2.53. The average molecular weight is 294 g/mol. The van der Waals surface area contributed by atoms with Gasteiger partial charge in [-0.2, -0.15) is 0 Å². The van der Waals surface area contributed by atoms with Gasteiger partial charge in [-0.1, -0.05) is 6.07 Å². The van der Waals surface area contributed by atoms with Crippen molar-refractivity contribution in [3.05, 3.63) is 24.0 Å². The van der Waals surface area contributed by atoms with E-state index in [9.17, 15) is 4.39 Å². The fraction of sp³-hybridized carbons (Fsp3) is 0.600. The van der Waals surface area contributed by atoms with Gasteiger partial charge in [0.15, 0.2) is 0 Å². The molecule has 4 nitrogen and oxygen atoms in total. The molecule has 2 saturated heterocycles. The molecule has 0 bridgehead atoms.